The molecule has 0 bridgehead atoms. The van der Waals surface area contributed by atoms with Crippen molar-refractivity contribution in [2.75, 3.05) is 0 Å². The van der Waals surface area contributed by atoms with Crippen LogP contribution in [0.1, 0.15) is 37.0 Å². The van der Waals surface area contributed by atoms with Crippen LogP contribution in [0.15, 0.2) is 54.6 Å². The molecule has 2 aromatic rings. The highest BCUT2D eigenvalue weighted by molar-refractivity contribution is 5.73. The van der Waals surface area contributed by atoms with Gasteiger partial charge >= 0.3 is 0 Å². The number of phenolic OH excluding ortho intramolecular Hbond substituents is 1. The lowest BCUT2D eigenvalue weighted by Gasteiger charge is -2.36. The minimum absolute atomic E-state index is 0.0185. The molecule has 0 unspecified atom stereocenters. The number of benzene rings is 2. The molecule has 0 spiro atoms. The molecule has 126 valence electrons. The number of amides is 1. The molecule has 1 fully saturated rings. The van der Waals surface area contributed by atoms with Crippen molar-refractivity contribution in [3.63, 3.8) is 0 Å². The number of carbonyl (C=O) groups is 1. The Balaban J connectivity index is 1.77. The minimum Gasteiger partial charge on any atom is -0.508 e. The largest absolute Gasteiger partial charge is 0.508 e. The Labute approximate surface area is 142 Å². The third-order valence-corrected chi connectivity index (χ3v) is 4.36. The van der Waals surface area contributed by atoms with Crippen LogP contribution < -0.4 is 5.32 Å². The van der Waals surface area contributed by atoms with Gasteiger partial charge in [0.25, 0.3) is 0 Å². The maximum atomic E-state index is 11.5. The summed E-state index contributed by atoms with van der Waals surface area (Å²) in [6, 6.07) is 17.5. The summed E-state index contributed by atoms with van der Waals surface area (Å²) in [5, 5.41) is 12.8. The smallest absolute Gasteiger partial charge is 0.217 e. The molecule has 24 heavy (non-hydrogen) atoms. The van der Waals surface area contributed by atoms with Crippen molar-refractivity contribution in [2.45, 2.75) is 44.4 Å². The molecule has 0 radical (unpaired) electrons. The first-order valence-electron chi connectivity index (χ1n) is 8.35. The van der Waals surface area contributed by atoms with E-state index in [0.717, 1.165) is 18.4 Å². The quantitative estimate of drug-likeness (QED) is 0.906. The van der Waals surface area contributed by atoms with E-state index in [2.05, 4.69) is 17.4 Å². The molecule has 0 aromatic heterocycles. The van der Waals surface area contributed by atoms with Gasteiger partial charge in [-0.2, -0.15) is 0 Å². The third-order valence-electron chi connectivity index (χ3n) is 4.36. The van der Waals surface area contributed by atoms with Gasteiger partial charge in [-0.1, -0.05) is 42.5 Å². The average molecular weight is 325 g/mol. The second-order valence-electron chi connectivity index (χ2n) is 6.40. The fourth-order valence-corrected chi connectivity index (χ4v) is 3.37. The maximum Gasteiger partial charge on any atom is 0.217 e. The molecule has 1 saturated heterocycles. The van der Waals surface area contributed by atoms with Crippen molar-refractivity contribution in [1.29, 1.82) is 0 Å². The highest BCUT2D eigenvalue weighted by Gasteiger charge is 2.31. The molecule has 4 heteroatoms. The summed E-state index contributed by atoms with van der Waals surface area (Å²) in [4.78, 5) is 11.5. The normalized spacial score (nSPS) is 23.6. The van der Waals surface area contributed by atoms with Gasteiger partial charge in [0.1, 0.15) is 5.75 Å². The first-order valence-corrected chi connectivity index (χ1v) is 8.35. The maximum absolute atomic E-state index is 11.5. The molecule has 1 aliphatic rings. The minimum atomic E-state index is -0.128. The summed E-state index contributed by atoms with van der Waals surface area (Å²) in [6.45, 7) is 1.55. The fourth-order valence-electron chi connectivity index (χ4n) is 3.37. The van der Waals surface area contributed by atoms with Crippen LogP contribution in [0.25, 0.3) is 0 Å². The number of rotatable bonds is 4. The van der Waals surface area contributed by atoms with Crippen LogP contribution in [0.5, 0.6) is 5.75 Å². The van der Waals surface area contributed by atoms with E-state index >= 15 is 0 Å². The standard InChI is InChI=1S/C20H23NO3/c1-14(22)21-17-12-19(10-15-6-3-2-4-7-15)24-20(13-17)16-8-5-9-18(23)11-16/h2-9,11,17,19-20,23H,10,12-13H2,1H3,(H,21,22)/t17-,19+,20+/m0/s1. The highest BCUT2D eigenvalue weighted by Crippen LogP contribution is 2.34. The van der Waals surface area contributed by atoms with Crippen molar-refractivity contribution in [3.8, 4) is 5.75 Å². The van der Waals surface area contributed by atoms with Crippen LogP contribution in [0.2, 0.25) is 0 Å². The SMILES string of the molecule is CC(=O)N[C@H]1C[C@@H](Cc2ccccc2)O[C@@H](c2cccc(O)c2)C1. The van der Waals surface area contributed by atoms with E-state index in [-0.39, 0.29) is 29.9 Å². The van der Waals surface area contributed by atoms with Crippen molar-refractivity contribution < 1.29 is 14.6 Å². The summed E-state index contributed by atoms with van der Waals surface area (Å²) < 4.78 is 6.28. The van der Waals surface area contributed by atoms with Crippen LogP contribution in [0.3, 0.4) is 0 Å². The zero-order valence-electron chi connectivity index (χ0n) is 13.8. The molecule has 0 aliphatic carbocycles. The number of nitrogens with one attached hydrogen (secondary N) is 1. The van der Waals surface area contributed by atoms with Gasteiger partial charge in [0.05, 0.1) is 12.2 Å². The zero-order valence-corrected chi connectivity index (χ0v) is 13.8. The van der Waals surface area contributed by atoms with Gasteiger partial charge in [0.15, 0.2) is 0 Å². The van der Waals surface area contributed by atoms with E-state index in [9.17, 15) is 9.90 Å². The molecule has 1 amide bonds. The van der Waals surface area contributed by atoms with Gasteiger partial charge in [0, 0.05) is 13.0 Å². The van der Waals surface area contributed by atoms with E-state index < -0.39 is 0 Å². The summed E-state index contributed by atoms with van der Waals surface area (Å²) in [6.07, 6.45) is 2.23. The summed E-state index contributed by atoms with van der Waals surface area (Å²) in [5.41, 5.74) is 2.17. The predicted molar refractivity (Wildman–Crippen MR) is 92.7 cm³/mol. The van der Waals surface area contributed by atoms with Crippen molar-refractivity contribution >= 4 is 5.91 Å². The molecule has 2 aromatic carbocycles. The Morgan fingerprint density at radius 2 is 1.96 bits per heavy atom. The molecule has 2 N–H and O–H groups in total. The first-order chi connectivity index (χ1) is 11.6. The Morgan fingerprint density at radius 3 is 2.67 bits per heavy atom. The van der Waals surface area contributed by atoms with E-state index in [4.69, 9.17) is 4.74 Å². The molecule has 1 aliphatic heterocycles. The lowest BCUT2D eigenvalue weighted by atomic mass is 9.91. The highest BCUT2D eigenvalue weighted by atomic mass is 16.5. The van der Waals surface area contributed by atoms with Gasteiger partial charge in [-0.05, 0) is 42.5 Å². The van der Waals surface area contributed by atoms with Crippen molar-refractivity contribution in [3.05, 3.63) is 65.7 Å². The van der Waals surface area contributed by atoms with Crippen molar-refractivity contribution in [1.82, 2.24) is 5.32 Å². The number of phenols is 1. The van der Waals surface area contributed by atoms with Crippen LogP contribution in [-0.2, 0) is 16.0 Å². The summed E-state index contributed by atoms with van der Waals surface area (Å²) >= 11 is 0. The molecular formula is C20H23NO3. The number of hydrogen-bond acceptors (Lipinski definition) is 3. The van der Waals surface area contributed by atoms with Crippen LogP contribution in [0, 0.1) is 0 Å². The molecule has 3 atom stereocenters. The zero-order chi connectivity index (χ0) is 16.9. The number of ether oxygens (including phenoxy) is 1. The molecule has 1 heterocycles. The Bertz CT molecular complexity index is 686. The van der Waals surface area contributed by atoms with Crippen LogP contribution in [0.4, 0.5) is 0 Å². The monoisotopic (exact) mass is 325 g/mol. The first kappa shape index (κ1) is 16.5. The van der Waals surface area contributed by atoms with E-state index in [1.807, 2.05) is 30.3 Å². The Hall–Kier alpha value is -2.33. The number of carbonyl (C=O) groups excluding carboxylic acids is 1. The molecule has 3 rings (SSSR count). The van der Waals surface area contributed by atoms with Gasteiger partial charge < -0.3 is 15.2 Å². The van der Waals surface area contributed by atoms with Gasteiger partial charge in [-0.25, -0.2) is 0 Å². The van der Waals surface area contributed by atoms with E-state index in [1.54, 1.807) is 19.1 Å². The van der Waals surface area contributed by atoms with Crippen LogP contribution >= 0.6 is 0 Å². The Morgan fingerprint density at radius 1 is 1.17 bits per heavy atom. The van der Waals surface area contributed by atoms with Gasteiger partial charge in [0.2, 0.25) is 5.91 Å². The molecule has 4 nitrogen and oxygen atoms in total. The van der Waals surface area contributed by atoms with Crippen molar-refractivity contribution in [2.24, 2.45) is 0 Å². The van der Waals surface area contributed by atoms with Gasteiger partial charge in [-0.3, -0.25) is 4.79 Å². The molecule has 0 saturated carbocycles. The predicted octanol–water partition coefficient (Wildman–Crippen LogP) is 3.36. The second-order valence-corrected chi connectivity index (χ2v) is 6.40. The van der Waals surface area contributed by atoms with Gasteiger partial charge in [-0.15, -0.1) is 0 Å². The van der Waals surface area contributed by atoms with E-state index in [1.165, 1.54) is 5.56 Å². The van der Waals surface area contributed by atoms with Crippen LogP contribution in [-0.4, -0.2) is 23.2 Å². The number of aromatic hydroxyl groups is 1. The average Bonchev–Trinajstić information content (AvgIpc) is 2.55. The lowest BCUT2D eigenvalue weighted by molar-refractivity contribution is -0.122. The lowest BCUT2D eigenvalue weighted by Crippen LogP contribution is -2.42. The number of hydrogen-bond donors (Lipinski definition) is 2. The Kier molecular flexibility index (Phi) is 5.16. The summed E-state index contributed by atoms with van der Waals surface area (Å²) in [7, 11) is 0. The third kappa shape index (κ3) is 4.36. The summed E-state index contributed by atoms with van der Waals surface area (Å²) in [5.74, 6) is 0.215. The second kappa shape index (κ2) is 7.49. The fraction of sp³-hybridized carbons (Fsp3) is 0.350. The van der Waals surface area contributed by atoms with E-state index in [0.29, 0.717) is 6.42 Å². The topological polar surface area (TPSA) is 58.6 Å². The molecular weight excluding hydrogens is 302 g/mol.